The van der Waals surface area contributed by atoms with E-state index in [2.05, 4.69) is 10.6 Å². The van der Waals surface area contributed by atoms with Gasteiger partial charge in [-0.25, -0.2) is 0 Å². The predicted molar refractivity (Wildman–Crippen MR) is 96.6 cm³/mol. The third kappa shape index (κ3) is 3.15. The van der Waals surface area contributed by atoms with Crippen LogP contribution < -0.4 is 15.5 Å². The van der Waals surface area contributed by atoms with Crippen molar-refractivity contribution in [3.63, 3.8) is 0 Å². The molecular formula is C18H24ClN3O2. The van der Waals surface area contributed by atoms with Crippen molar-refractivity contribution in [2.45, 2.75) is 32.1 Å². The molecule has 2 heterocycles. The summed E-state index contributed by atoms with van der Waals surface area (Å²) in [6.07, 6.45) is 4.82. The van der Waals surface area contributed by atoms with E-state index in [0.717, 1.165) is 56.7 Å². The van der Waals surface area contributed by atoms with Gasteiger partial charge in [-0.15, -0.1) is 12.4 Å². The summed E-state index contributed by atoms with van der Waals surface area (Å²) in [6, 6.07) is 7.64. The SMILES string of the molecule is Cl.O=C(Nc1ccc(N2CCCC2=O)cc1)C1CC12CCNCC2. The smallest absolute Gasteiger partial charge is 0.228 e. The molecule has 4 rings (SSSR count). The van der Waals surface area contributed by atoms with Gasteiger partial charge < -0.3 is 15.5 Å². The van der Waals surface area contributed by atoms with Crippen LogP contribution >= 0.6 is 12.4 Å². The molecule has 1 unspecified atom stereocenters. The lowest BCUT2D eigenvalue weighted by molar-refractivity contribution is -0.118. The number of rotatable bonds is 3. The van der Waals surface area contributed by atoms with Gasteiger partial charge in [0.05, 0.1) is 0 Å². The minimum absolute atomic E-state index is 0. The highest BCUT2D eigenvalue weighted by molar-refractivity contribution is 5.97. The summed E-state index contributed by atoms with van der Waals surface area (Å²) in [6.45, 7) is 2.86. The molecule has 2 amide bonds. The molecule has 1 atom stereocenters. The molecule has 130 valence electrons. The zero-order valence-corrected chi connectivity index (χ0v) is 14.5. The highest BCUT2D eigenvalue weighted by Crippen LogP contribution is 2.58. The molecule has 2 aliphatic heterocycles. The third-order valence-electron chi connectivity index (χ3n) is 5.63. The van der Waals surface area contributed by atoms with Crippen molar-refractivity contribution in [2.24, 2.45) is 11.3 Å². The molecule has 0 aromatic heterocycles. The van der Waals surface area contributed by atoms with Crippen molar-refractivity contribution < 1.29 is 9.59 Å². The zero-order valence-electron chi connectivity index (χ0n) is 13.7. The van der Waals surface area contributed by atoms with Gasteiger partial charge in [0, 0.05) is 30.3 Å². The molecule has 1 spiro atoms. The normalized spacial score (nSPS) is 24.6. The maximum absolute atomic E-state index is 12.4. The molecule has 2 N–H and O–H groups in total. The standard InChI is InChI=1S/C18H23N3O2.ClH/c22-16-2-1-11-21(16)14-5-3-13(4-6-14)20-17(23)15-12-18(15)7-9-19-10-8-18;/h3-6,15,19H,1-2,7-12H2,(H,20,23);1H. The average molecular weight is 350 g/mol. The Labute approximate surface area is 148 Å². The second-order valence-electron chi connectivity index (χ2n) is 7.05. The molecule has 1 saturated carbocycles. The van der Waals surface area contributed by atoms with Gasteiger partial charge in [0.2, 0.25) is 11.8 Å². The van der Waals surface area contributed by atoms with E-state index in [-0.39, 0.29) is 35.6 Å². The number of anilines is 2. The van der Waals surface area contributed by atoms with E-state index in [1.54, 1.807) is 0 Å². The Kier molecular flexibility index (Phi) is 4.83. The molecule has 0 radical (unpaired) electrons. The van der Waals surface area contributed by atoms with Gasteiger partial charge in [0.25, 0.3) is 0 Å². The van der Waals surface area contributed by atoms with Gasteiger partial charge >= 0.3 is 0 Å². The topological polar surface area (TPSA) is 61.4 Å². The van der Waals surface area contributed by atoms with Crippen LogP contribution in [-0.2, 0) is 9.59 Å². The summed E-state index contributed by atoms with van der Waals surface area (Å²) in [5.41, 5.74) is 2.00. The Bertz CT molecular complexity index is 626. The van der Waals surface area contributed by atoms with E-state index < -0.39 is 0 Å². The van der Waals surface area contributed by atoms with Crippen LogP contribution in [0.25, 0.3) is 0 Å². The van der Waals surface area contributed by atoms with E-state index in [4.69, 9.17) is 0 Å². The third-order valence-corrected chi connectivity index (χ3v) is 5.63. The van der Waals surface area contributed by atoms with E-state index in [1.165, 1.54) is 0 Å². The van der Waals surface area contributed by atoms with Gasteiger partial charge in [-0.3, -0.25) is 9.59 Å². The van der Waals surface area contributed by atoms with Gasteiger partial charge in [-0.05, 0) is 68.5 Å². The Morgan fingerprint density at radius 1 is 1.21 bits per heavy atom. The first-order valence-electron chi connectivity index (χ1n) is 8.60. The second-order valence-corrected chi connectivity index (χ2v) is 7.05. The molecule has 24 heavy (non-hydrogen) atoms. The van der Waals surface area contributed by atoms with Gasteiger partial charge in [0.1, 0.15) is 0 Å². The van der Waals surface area contributed by atoms with Crippen molar-refractivity contribution in [3.8, 4) is 0 Å². The first-order valence-corrected chi connectivity index (χ1v) is 8.60. The Hall–Kier alpha value is -1.59. The summed E-state index contributed by atoms with van der Waals surface area (Å²) in [7, 11) is 0. The minimum atomic E-state index is 0. The van der Waals surface area contributed by atoms with Crippen LogP contribution in [0.15, 0.2) is 24.3 Å². The molecule has 6 heteroatoms. The molecule has 3 aliphatic rings. The van der Waals surface area contributed by atoms with Crippen LogP contribution in [0.4, 0.5) is 11.4 Å². The number of hydrogen-bond donors (Lipinski definition) is 2. The Morgan fingerprint density at radius 3 is 2.54 bits per heavy atom. The van der Waals surface area contributed by atoms with Gasteiger partial charge in [0.15, 0.2) is 0 Å². The number of halogens is 1. The minimum Gasteiger partial charge on any atom is -0.326 e. The molecule has 1 aliphatic carbocycles. The fourth-order valence-electron chi connectivity index (χ4n) is 4.07. The van der Waals surface area contributed by atoms with Crippen molar-refractivity contribution in [1.82, 2.24) is 5.32 Å². The number of benzene rings is 1. The highest BCUT2D eigenvalue weighted by Gasteiger charge is 2.57. The monoisotopic (exact) mass is 349 g/mol. The molecule has 2 saturated heterocycles. The van der Waals surface area contributed by atoms with Crippen molar-refractivity contribution in [3.05, 3.63) is 24.3 Å². The van der Waals surface area contributed by atoms with Crippen molar-refractivity contribution in [1.29, 1.82) is 0 Å². The van der Waals surface area contributed by atoms with Crippen molar-refractivity contribution >= 4 is 35.6 Å². The Morgan fingerprint density at radius 2 is 1.92 bits per heavy atom. The summed E-state index contributed by atoms with van der Waals surface area (Å²) in [5.74, 6) is 0.508. The largest absolute Gasteiger partial charge is 0.326 e. The summed E-state index contributed by atoms with van der Waals surface area (Å²) in [5, 5.41) is 6.40. The zero-order chi connectivity index (χ0) is 15.9. The van der Waals surface area contributed by atoms with E-state index >= 15 is 0 Å². The number of hydrogen-bond acceptors (Lipinski definition) is 3. The number of piperidine rings is 1. The molecule has 1 aromatic rings. The summed E-state index contributed by atoms with van der Waals surface area (Å²) >= 11 is 0. The Balaban J connectivity index is 0.00000169. The van der Waals surface area contributed by atoms with E-state index in [1.807, 2.05) is 29.2 Å². The first-order chi connectivity index (χ1) is 11.2. The van der Waals surface area contributed by atoms with E-state index in [0.29, 0.717) is 6.42 Å². The first kappa shape index (κ1) is 17.2. The molecular weight excluding hydrogens is 326 g/mol. The van der Waals surface area contributed by atoms with Crippen LogP contribution in [0.2, 0.25) is 0 Å². The number of amides is 2. The number of carbonyl (C=O) groups is 2. The lowest BCUT2D eigenvalue weighted by Crippen LogP contribution is -2.31. The average Bonchev–Trinajstić information content (AvgIpc) is 3.08. The van der Waals surface area contributed by atoms with Crippen molar-refractivity contribution in [2.75, 3.05) is 29.9 Å². The molecule has 5 nitrogen and oxygen atoms in total. The lowest BCUT2D eigenvalue weighted by Gasteiger charge is -2.23. The molecule has 0 bridgehead atoms. The van der Waals surface area contributed by atoms with Crippen LogP contribution in [0, 0.1) is 11.3 Å². The summed E-state index contributed by atoms with van der Waals surface area (Å²) in [4.78, 5) is 26.0. The maximum Gasteiger partial charge on any atom is 0.228 e. The van der Waals surface area contributed by atoms with Gasteiger partial charge in [-0.1, -0.05) is 0 Å². The molecule has 1 aromatic carbocycles. The van der Waals surface area contributed by atoms with Crippen LogP contribution in [-0.4, -0.2) is 31.4 Å². The van der Waals surface area contributed by atoms with Crippen LogP contribution in [0.3, 0.4) is 0 Å². The maximum atomic E-state index is 12.4. The predicted octanol–water partition coefficient (Wildman–Crippen LogP) is 2.56. The van der Waals surface area contributed by atoms with E-state index in [9.17, 15) is 9.59 Å². The van der Waals surface area contributed by atoms with Gasteiger partial charge in [-0.2, -0.15) is 0 Å². The summed E-state index contributed by atoms with van der Waals surface area (Å²) < 4.78 is 0. The number of nitrogens with zero attached hydrogens (tertiary/aromatic N) is 1. The quantitative estimate of drug-likeness (QED) is 0.881. The number of nitrogens with one attached hydrogen (secondary N) is 2. The fourth-order valence-corrected chi connectivity index (χ4v) is 4.07. The fraction of sp³-hybridized carbons (Fsp3) is 0.556. The van der Waals surface area contributed by atoms with Crippen LogP contribution in [0.5, 0.6) is 0 Å². The van der Waals surface area contributed by atoms with Crippen LogP contribution in [0.1, 0.15) is 32.1 Å². The lowest BCUT2D eigenvalue weighted by atomic mass is 9.92. The highest BCUT2D eigenvalue weighted by atomic mass is 35.5. The number of carbonyl (C=O) groups excluding carboxylic acids is 2. The second kappa shape index (κ2) is 6.73. The molecule has 3 fully saturated rings.